The van der Waals surface area contributed by atoms with E-state index in [0.29, 0.717) is 11.5 Å². The standard InChI is InChI=1S/C18H27NO/c1-13(2)19-12-18(10-15-8-16(15)11-18)9-14-6-4-5-7-17(14)20-3/h4-7,13,15-16,19H,8-12H2,1-3H3. The first-order chi connectivity index (χ1) is 9.62. The second-order valence-electron chi connectivity index (χ2n) is 7.19. The molecule has 20 heavy (non-hydrogen) atoms. The molecule has 0 spiro atoms. The molecular weight excluding hydrogens is 246 g/mol. The first-order valence-corrected chi connectivity index (χ1v) is 7.97. The molecule has 2 aliphatic rings. The van der Waals surface area contributed by atoms with Crippen molar-refractivity contribution in [1.29, 1.82) is 0 Å². The molecule has 0 radical (unpaired) electrons. The van der Waals surface area contributed by atoms with E-state index in [9.17, 15) is 0 Å². The minimum atomic E-state index is 0.451. The quantitative estimate of drug-likeness (QED) is 0.854. The van der Waals surface area contributed by atoms with Crippen LogP contribution in [0.5, 0.6) is 5.75 Å². The highest BCUT2D eigenvalue weighted by Crippen LogP contribution is 2.60. The van der Waals surface area contributed by atoms with Crippen molar-refractivity contribution in [1.82, 2.24) is 5.32 Å². The van der Waals surface area contributed by atoms with Gasteiger partial charge in [0.1, 0.15) is 5.75 Å². The van der Waals surface area contributed by atoms with Crippen molar-refractivity contribution in [2.24, 2.45) is 17.3 Å². The van der Waals surface area contributed by atoms with E-state index < -0.39 is 0 Å². The fourth-order valence-corrected chi connectivity index (χ4v) is 4.03. The summed E-state index contributed by atoms with van der Waals surface area (Å²) in [4.78, 5) is 0. The molecule has 2 heteroatoms. The van der Waals surface area contributed by atoms with Crippen molar-refractivity contribution in [2.45, 2.75) is 45.6 Å². The monoisotopic (exact) mass is 273 g/mol. The number of para-hydroxylation sites is 1. The van der Waals surface area contributed by atoms with Crippen molar-refractivity contribution in [3.8, 4) is 5.75 Å². The summed E-state index contributed by atoms with van der Waals surface area (Å²) in [5, 5.41) is 3.69. The van der Waals surface area contributed by atoms with Crippen LogP contribution in [0, 0.1) is 17.3 Å². The molecule has 0 bridgehead atoms. The Balaban J connectivity index is 1.76. The number of benzene rings is 1. The maximum atomic E-state index is 5.54. The lowest BCUT2D eigenvalue weighted by Gasteiger charge is -2.33. The van der Waals surface area contributed by atoms with Gasteiger partial charge in [0.05, 0.1) is 7.11 Å². The highest BCUT2D eigenvalue weighted by Gasteiger charge is 2.53. The Morgan fingerprint density at radius 2 is 1.95 bits per heavy atom. The number of hydrogen-bond acceptors (Lipinski definition) is 2. The van der Waals surface area contributed by atoms with Crippen molar-refractivity contribution in [3.63, 3.8) is 0 Å². The van der Waals surface area contributed by atoms with E-state index in [4.69, 9.17) is 4.74 Å². The zero-order valence-electron chi connectivity index (χ0n) is 13.0. The van der Waals surface area contributed by atoms with Crippen LogP contribution >= 0.6 is 0 Å². The molecule has 2 aliphatic carbocycles. The first kappa shape index (κ1) is 13.9. The first-order valence-electron chi connectivity index (χ1n) is 7.97. The summed E-state index contributed by atoms with van der Waals surface area (Å²) in [6.07, 6.45) is 5.43. The number of hydrogen-bond donors (Lipinski definition) is 1. The van der Waals surface area contributed by atoms with Gasteiger partial charge in [-0.15, -0.1) is 0 Å². The lowest BCUT2D eigenvalue weighted by Crippen LogP contribution is -2.38. The fourth-order valence-electron chi connectivity index (χ4n) is 4.03. The molecule has 2 unspecified atom stereocenters. The van der Waals surface area contributed by atoms with Gasteiger partial charge in [-0.25, -0.2) is 0 Å². The van der Waals surface area contributed by atoms with Crippen LogP contribution in [0.3, 0.4) is 0 Å². The van der Waals surface area contributed by atoms with Crippen LogP contribution < -0.4 is 10.1 Å². The van der Waals surface area contributed by atoms with E-state index in [1.165, 1.54) is 24.8 Å². The van der Waals surface area contributed by atoms with E-state index in [-0.39, 0.29) is 0 Å². The summed E-state index contributed by atoms with van der Waals surface area (Å²) in [5.41, 5.74) is 1.83. The zero-order chi connectivity index (χ0) is 14.2. The summed E-state index contributed by atoms with van der Waals surface area (Å²) in [7, 11) is 1.78. The van der Waals surface area contributed by atoms with Crippen LogP contribution in [0.25, 0.3) is 0 Å². The number of fused-ring (bicyclic) bond motifs is 1. The molecule has 0 aliphatic heterocycles. The Hall–Kier alpha value is -1.02. The topological polar surface area (TPSA) is 21.3 Å². The second-order valence-corrected chi connectivity index (χ2v) is 7.19. The van der Waals surface area contributed by atoms with Gasteiger partial charge < -0.3 is 10.1 Å². The van der Waals surface area contributed by atoms with Crippen LogP contribution in [0.4, 0.5) is 0 Å². The molecule has 2 saturated carbocycles. The van der Waals surface area contributed by atoms with Gasteiger partial charge in [0.25, 0.3) is 0 Å². The summed E-state index contributed by atoms with van der Waals surface area (Å²) in [6.45, 7) is 5.63. The molecule has 1 aromatic carbocycles. The van der Waals surface area contributed by atoms with Crippen LogP contribution in [0.15, 0.2) is 24.3 Å². The Morgan fingerprint density at radius 1 is 1.25 bits per heavy atom. The molecular formula is C18H27NO. The molecule has 0 amide bonds. The minimum Gasteiger partial charge on any atom is -0.496 e. The van der Waals surface area contributed by atoms with Gasteiger partial charge in [-0.3, -0.25) is 0 Å². The van der Waals surface area contributed by atoms with E-state index in [1.54, 1.807) is 7.11 Å². The molecule has 1 N–H and O–H groups in total. The van der Waals surface area contributed by atoms with Crippen molar-refractivity contribution >= 4 is 0 Å². The van der Waals surface area contributed by atoms with Crippen LogP contribution in [-0.4, -0.2) is 19.7 Å². The number of rotatable bonds is 6. The molecule has 110 valence electrons. The summed E-state index contributed by atoms with van der Waals surface area (Å²) >= 11 is 0. The predicted molar refractivity (Wildman–Crippen MR) is 83.1 cm³/mol. The fraction of sp³-hybridized carbons (Fsp3) is 0.667. The normalized spacial score (nSPS) is 31.4. The molecule has 0 aromatic heterocycles. The molecule has 1 aromatic rings. The highest BCUT2D eigenvalue weighted by molar-refractivity contribution is 5.34. The van der Waals surface area contributed by atoms with Gasteiger partial charge in [0, 0.05) is 12.6 Å². The van der Waals surface area contributed by atoms with Crippen molar-refractivity contribution < 1.29 is 4.74 Å². The van der Waals surface area contributed by atoms with Crippen LogP contribution in [0.2, 0.25) is 0 Å². The van der Waals surface area contributed by atoms with Crippen LogP contribution in [-0.2, 0) is 6.42 Å². The molecule has 2 fully saturated rings. The largest absolute Gasteiger partial charge is 0.496 e. The third kappa shape index (κ3) is 2.85. The Kier molecular flexibility index (Phi) is 3.76. The van der Waals surface area contributed by atoms with E-state index in [0.717, 1.165) is 30.6 Å². The van der Waals surface area contributed by atoms with Crippen molar-refractivity contribution in [3.05, 3.63) is 29.8 Å². The van der Waals surface area contributed by atoms with Crippen molar-refractivity contribution in [2.75, 3.05) is 13.7 Å². The third-order valence-electron chi connectivity index (χ3n) is 5.10. The number of nitrogens with one attached hydrogen (secondary N) is 1. The van der Waals surface area contributed by atoms with E-state index in [2.05, 4.69) is 43.4 Å². The Labute approximate surface area is 122 Å². The SMILES string of the molecule is COc1ccccc1CC1(CNC(C)C)CC2CC2C1. The van der Waals surface area contributed by atoms with Gasteiger partial charge in [-0.05, 0) is 54.6 Å². The lowest BCUT2D eigenvalue weighted by atomic mass is 9.77. The van der Waals surface area contributed by atoms with E-state index in [1.807, 2.05) is 0 Å². The smallest absolute Gasteiger partial charge is 0.122 e. The predicted octanol–water partition coefficient (Wildman–Crippen LogP) is 3.65. The van der Waals surface area contributed by atoms with Gasteiger partial charge in [0.15, 0.2) is 0 Å². The minimum absolute atomic E-state index is 0.451. The van der Waals surface area contributed by atoms with E-state index >= 15 is 0 Å². The Morgan fingerprint density at radius 3 is 2.60 bits per heavy atom. The van der Waals surface area contributed by atoms with Gasteiger partial charge in [-0.2, -0.15) is 0 Å². The van der Waals surface area contributed by atoms with Gasteiger partial charge in [0.2, 0.25) is 0 Å². The highest BCUT2D eigenvalue weighted by atomic mass is 16.5. The van der Waals surface area contributed by atoms with Crippen LogP contribution in [0.1, 0.15) is 38.7 Å². The molecule has 2 atom stereocenters. The summed E-state index contributed by atoms with van der Waals surface area (Å²) in [6, 6.07) is 9.10. The maximum Gasteiger partial charge on any atom is 0.122 e. The van der Waals surface area contributed by atoms with Gasteiger partial charge >= 0.3 is 0 Å². The van der Waals surface area contributed by atoms with Gasteiger partial charge in [-0.1, -0.05) is 32.0 Å². The number of ether oxygens (including phenoxy) is 1. The third-order valence-corrected chi connectivity index (χ3v) is 5.10. The average Bonchev–Trinajstić information content (AvgIpc) is 3.05. The zero-order valence-corrected chi connectivity index (χ0v) is 13.0. The lowest BCUT2D eigenvalue weighted by molar-refractivity contribution is 0.238. The Bertz CT molecular complexity index is 458. The molecule has 0 heterocycles. The second kappa shape index (κ2) is 5.40. The maximum absolute atomic E-state index is 5.54. The summed E-state index contributed by atoms with van der Waals surface area (Å²) in [5.74, 6) is 3.08. The number of methoxy groups -OCH3 is 1. The summed E-state index contributed by atoms with van der Waals surface area (Å²) < 4.78 is 5.54. The molecule has 3 rings (SSSR count). The molecule has 0 saturated heterocycles. The average molecular weight is 273 g/mol. The molecule has 2 nitrogen and oxygen atoms in total.